The highest BCUT2D eigenvalue weighted by Crippen LogP contribution is 2.15. The molecule has 0 unspecified atom stereocenters. The molecule has 0 saturated heterocycles. The fourth-order valence-corrected chi connectivity index (χ4v) is 2.38. The van der Waals surface area contributed by atoms with E-state index in [1.807, 2.05) is 0 Å². The van der Waals surface area contributed by atoms with Gasteiger partial charge in [0.1, 0.15) is 5.56 Å². The van der Waals surface area contributed by atoms with E-state index in [2.05, 4.69) is 20.0 Å². The summed E-state index contributed by atoms with van der Waals surface area (Å²) in [6.07, 6.45) is 2.47. The number of carbonyl (C=O) groups is 1. The number of aromatic amines is 1. The highest BCUT2D eigenvalue weighted by molar-refractivity contribution is 7.92. The molecule has 0 aliphatic heterocycles. The lowest BCUT2D eigenvalue weighted by Gasteiger charge is -2.03. The standard InChI is InChI=1S/C8H9N5O4S/c1-13-3-2-6(11-13)12-18(16,17)7-5(8(14)15)4-9-10-7/h2-4H,1H3,(H,9,10)(H,11,12)(H,14,15). The fraction of sp³-hybridized carbons (Fsp3) is 0.125. The number of rotatable bonds is 4. The zero-order chi connectivity index (χ0) is 13.3. The van der Waals surface area contributed by atoms with Crippen LogP contribution < -0.4 is 4.72 Å². The number of aryl methyl sites for hydroxylation is 1. The molecule has 0 radical (unpaired) electrons. The van der Waals surface area contributed by atoms with Crippen molar-refractivity contribution in [2.75, 3.05) is 4.72 Å². The lowest BCUT2D eigenvalue weighted by atomic mass is 10.4. The van der Waals surface area contributed by atoms with Crippen LogP contribution in [-0.4, -0.2) is 39.5 Å². The van der Waals surface area contributed by atoms with Crippen LogP contribution in [0.5, 0.6) is 0 Å². The monoisotopic (exact) mass is 271 g/mol. The van der Waals surface area contributed by atoms with Gasteiger partial charge in [0, 0.05) is 19.3 Å². The van der Waals surface area contributed by atoms with E-state index in [0.29, 0.717) is 0 Å². The molecule has 0 fully saturated rings. The van der Waals surface area contributed by atoms with Crippen LogP contribution in [0.2, 0.25) is 0 Å². The average Bonchev–Trinajstić information content (AvgIpc) is 2.86. The molecule has 0 amide bonds. The molecule has 2 aromatic rings. The Morgan fingerprint density at radius 1 is 1.56 bits per heavy atom. The maximum atomic E-state index is 11.9. The Balaban J connectivity index is 2.37. The van der Waals surface area contributed by atoms with Gasteiger partial charge in [0.05, 0.1) is 6.20 Å². The van der Waals surface area contributed by atoms with Crippen LogP contribution in [0.25, 0.3) is 0 Å². The molecule has 9 nitrogen and oxygen atoms in total. The van der Waals surface area contributed by atoms with Crippen molar-refractivity contribution >= 4 is 21.8 Å². The summed E-state index contributed by atoms with van der Waals surface area (Å²) < 4.78 is 27.4. The van der Waals surface area contributed by atoms with E-state index in [1.54, 1.807) is 13.2 Å². The summed E-state index contributed by atoms with van der Waals surface area (Å²) >= 11 is 0. The van der Waals surface area contributed by atoms with Crippen molar-refractivity contribution in [3.63, 3.8) is 0 Å². The van der Waals surface area contributed by atoms with E-state index in [-0.39, 0.29) is 5.82 Å². The maximum Gasteiger partial charge on any atom is 0.340 e. The van der Waals surface area contributed by atoms with Crippen molar-refractivity contribution in [1.29, 1.82) is 0 Å². The SMILES string of the molecule is Cn1ccc(NS(=O)(=O)c2[nH]ncc2C(=O)O)n1. The quantitative estimate of drug-likeness (QED) is 0.696. The van der Waals surface area contributed by atoms with Crippen LogP contribution in [0.3, 0.4) is 0 Å². The van der Waals surface area contributed by atoms with Gasteiger partial charge in [-0.3, -0.25) is 14.5 Å². The molecule has 2 rings (SSSR count). The zero-order valence-electron chi connectivity index (χ0n) is 9.15. The zero-order valence-corrected chi connectivity index (χ0v) is 9.97. The molecule has 18 heavy (non-hydrogen) atoms. The first-order valence-corrected chi connectivity index (χ1v) is 6.17. The Hall–Kier alpha value is -2.36. The number of sulfonamides is 1. The van der Waals surface area contributed by atoms with E-state index < -0.39 is 26.6 Å². The molecule has 96 valence electrons. The van der Waals surface area contributed by atoms with Gasteiger partial charge in [-0.2, -0.15) is 18.6 Å². The van der Waals surface area contributed by atoms with Gasteiger partial charge in [-0.05, 0) is 0 Å². The van der Waals surface area contributed by atoms with Crippen molar-refractivity contribution in [3.8, 4) is 0 Å². The largest absolute Gasteiger partial charge is 0.478 e. The van der Waals surface area contributed by atoms with Gasteiger partial charge in [0.15, 0.2) is 10.8 Å². The third kappa shape index (κ3) is 2.18. The molecule has 0 atom stereocenters. The van der Waals surface area contributed by atoms with Crippen LogP contribution in [0.15, 0.2) is 23.5 Å². The number of aromatic carboxylic acids is 1. The Kier molecular flexibility index (Phi) is 2.79. The highest BCUT2D eigenvalue weighted by atomic mass is 32.2. The lowest BCUT2D eigenvalue weighted by molar-refractivity contribution is 0.0692. The Labute approximate surface area is 101 Å². The Morgan fingerprint density at radius 3 is 2.83 bits per heavy atom. The van der Waals surface area contributed by atoms with E-state index in [9.17, 15) is 13.2 Å². The molecule has 0 bridgehead atoms. The predicted molar refractivity (Wildman–Crippen MR) is 59.6 cm³/mol. The summed E-state index contributed by atoms with van der Waals surface area (Å²) in [5.41, 5.74) is -0.432. The van der Waals surface area contributed by atoms with Crippen LogP contribution in [0, 0.1) is 0 Å². The first kappa shape index (κ1) is 12.1. The van der Waals surface area contributed by atoms with Crippen LogP contribution in [0.4, 0.5) is 5.82 Å². The fourth-order valence-electron chi connectivity index (χ4n) is 1.29. The number of H-pyrrole nitrogens is 1. The van der Waals surface area contributed by atoms with Gasteiger partial charge < -0.3 is 5.11 Å². The van der Waals surface area contributed by atoms with Crippen LogP contribution in [-0.2, 0) is 17.1 Å². The van der Waals surface area contributed by atoms with E-state index in [0.717, 1.165) is 6.20 Å². The summed E-state index contributed by atoms with van der Waals surface area (Å²) in [7, 11) is -2.44. The molecule has 10 heteroatoms. The first-order chi connectivity index (χ1) is 8.40. The van der Waals surface area contributed by atoms with Gasteiger partial charge in [0.25, 0.3) is 10.0 Å². The van der Waals surface area contributed by atoms with Crippen molar-refractivity contribution in [2.24, 2.45) is 7.05 Å². The smallest absolute Gasteiger partial charge is 0.340 e. The number of aromatic nitrogens is 4. The lowest BCUT2D eigenvalue weighted by Crippen LogP contribution is -2.17. The maximum absolute atomic E-state index is 11.9. The minimum Gasteiger partial charge on any atom is -0.478 e. The predicted octanol–water partition coefficient (Wildman–Crippen LogP) is -0.358. The highest BCUT2D eigenvalue weighted by Gasteiger charge is 2.25. The second kappa shape index (κ2) is 4.14. The second-order valence-electron chi connectivity index (χ2n) is 3.40. The van der Waals surface area contributed by atoms with Gasteiger partial charge in [-0.25, -0.2) is 4.79 Å². The van der Waals surface area contributed by atoms with Crippen molar-refractivity contribution in [2.45, 2.75) is 5.03 Å². The summed E-state index contributed by atoms with van der Waals surface area (Å²) in [6, 6.07) is 1.44. The van der Waals surface area contributed by atoms with Gasteiger partial charge in [-0.1, -0.05) is 0 Å². The van der Waals surface area contributed by atoms with E-state index >= 15 is 0 Å². The van der Waals surface area contributed by atoms with Crippen LogP contribution >= 0.6 is 0 Å². The second-order valence-corrected chi connectivity index (χ2v) is 5.02. The van der Waals surface area contributed by atoms with Crippen LogP contribution in [0.1, 0.15) is 10.4 Å². The number of nitrogens with one attached hydrogen (secondary N) is 2. The molecule has 0 aromatic carbocycles. The molecule has 0 aliphatic carbocycles. The normalized spacial score (nSPS) is 11.4. The van der Waals surface area contributed by atoms with Gasteiger partial charge >= 0.3 is 5.97 Å². The molecule has 0 aliphatic rings. The molecule has 2 aromatic heterocycles. The third-order valence-corrected chi connectivity index (χ3v) is 3.38. The average molecular weight is 271 g/mol. The third-order valence-electron chi connectivity index (χ3n) is 2.06. The van der Waals surface area contributed by atoms with Crippen molar-refractivity contribution in [3.05, 3.63) is 24.0 Å². The van der Waals surface area contributed by atoms with Gasteiger partial charge in [0.2, 0.25) is 0 Å². The molecule has 0 saturated carbocycles. The molecule has 2 heterocycles. The van der Waals surface area contributed by atoms with E-state index in [4.69, 9.17) is 5.11 Å². The summed E-state index contributed by atoms with van der Waals surface area (Å²) in [5, 5.41) is 17.7. The molecule has 3 N–H and O–H groups in total. The summed E-state index contributed by atoms with van der Waals surface area (Å²) in [4.78, 5) is 10.8. The van der Waals surface area contributed by atoms with Crippen molar-refractivity contribution in [1.82, 2.24) is 20.0 Å². The molecular formula is C8H9N5O4S. The number of anilines is 1. The van der Waals surface area contributed by atoms with Gasteiger partial charge in [-0.15, -0.1) is 0 Å². The van der Waals surface area contributed by atoms with E-state index in [1.165, 1.54) is 10.7 Å². The number of carboxylic acid groups (broad SMARTS) is 1. The summed E-state index contributed by atoms with van der Waals surface area (Å²) in [5.74, 6) is -1.30. The number of nitrogens with zero attached hydrogens (tertiary/aromatic N) is 3. The van der Waals surface area contributed by atoms with Crippen molar-refractivity contribution < 1.29 is 18.3 Å². The number of carboxylic acids is 1. The molecule has 0 spiro atoms. The Bertz CT molecular complexity index is 686. The molecular weight excluding hydrogens is 262 g/mol. The first-order valence-electron chi connectivity index (χ1n) is 4.69. The summed E-state index contributed by atoms with van der Waals surface area (Å²) in [6.45, 7) is 0. The Morgan fingerprint density at radius 2 is 2.28 bits per heavy atom. The topological polar surface area (TPSA) is 130 Å². The number of hydrogen-bond donors (Lipinski definition) is 3. The minimum absolute atomic E-state index is 0.0865. The number of hydrogen-bond acceptors (Lipinski definition) is 5. The minimum atomic E-state index is -4.06.